The highest BCUT2D eigenvalue weighted by molar-refractivity contribution is 7.80. The molecule has 1 aromatic heterocycles. The fourth-order valence-electron chi connectivity index (χ4n) is 2.12. The maximum atomic E-state index is 12.1. The lowest BCUT2D eigenvalue weighted by Crippen LogP contribution is -2.53. The number of rotatable bonds is 5. The van der Waals surface area contributed by atoms with Gasteiger partial charge < -0.3 is 15.6 Å². The zero-order chi connectivity index (χ0) is 13.2. The Balaban J connectivity index is 1.98. The second-order valence-corrected chi connectivity index (χ2v) is 4.96. The van der Waals surface area contributed by atoms with Gasteiger partial charge in [0.2, 0.25) is 5.91 Å². The molecule has 0 aromatic carbocycles. The molecule has 1 fully saturated rings. The summed E-state index contributed by atoms with van der Waals surface area (Å²) in [7, 11) is 0. The molecule has 0 saturated heterocycles. The van der Waals surface area contributed by atoms with Crippen LogP contribution in [0.2, 0.25) is 0 Å². The molecule has 0 unspecified atom stereocenters. The van der Waals surface area contributed by atoms with E-state index in [1.807, 2.05) is 11.5 Å². The van der Waals surface area contributed by atoms with Gasteiger partial charge in [0, 0.05) is 6.54 Å². The number of nitrogens with one attached hydrogen (secondary N) is 1. The smallest absolute Gasteiger partial charge is 0.233 e. The van der Waals surface area contributed by atoms with Gasteiger partial charge in [-0.2, -0.15) is 0 Å². The Morgan fingerprint density at radius 2 is 2.39 bits per heavy atom. The van der Waals surface area contributed by atoms with Crippen molar-refractivity contribution >= 4 is 23.1 Å². The van der Waals surface area contributed by atoms with Gasteiger partial charge in [0.15, 0.2) is 5.82 Å². The fourth-order valence-corrected chi connectivity index (χ4v) is 2.42. The summed E-state index contributed by atoms with van der Waals surface area (Å²) in [5.41, 5.74) is 5.04. The van der Waals surface area contributed by atoms with Crippen molar-refractivity contribution in [1.82, 2.24) is 20.1 Å². The highest BCUT2D eigenvalue weighted by atomic mass is 32.1. The van der Waals surface area contributed by atoms with Crippen LogP contribution in [0.25, 0.3) is 0 Å². The predicted molar refractivity (Wildman–Crippen MR) is 70.6 cm³/mol. The molecule has 1 heterocycles. The zero-order valence-corrected chi connectivity index (χ0v) is 11.2. The normalized spacial score (nSPS) is 16.9. The van der Waals surface area contributed by atoms with Gasteiger partial charge in [0.05, 0.1) is 16.9 Å². The topological polar surface area (TPSA) is 85.8 Å². The van der Waals surface area contributed by atoms with Gasteiger partial charge in [-0.3, -0.25) is 4.79 Å². The molecule has 3 N–H and O–H groups in total. The van der Waals surface area contributed by atoms with Crippen LogP contribution in [-0.2, 0) is 17.9 Å². The Kier molecular flexibility index (Phi) is 3.60. The van der Waals surface area contributed by atoms with Crippen LogP contribution in [0.1, 0.15) is 32.0 Å². The van der Waals surface area contributed by atoms with Crippen molar-refractivity contribution in [3.8, 4) is 0 Å². The molecule has 0 spiro atoms. The number of amides is 1. The Morgan fingerprint density at radius 3 is 2.89 bits per heavy atom. The number of aromatic nitrogens is 3. The quantitative estimate of drug-likeness (QED) is 0.753. The van der Waals surface area contributed by atoms with Gasteiger partial charge in [-0.15, -0.1) is 10.2 Å². The van der Waals surface area contributed by atoms with E-state index in [0.717, 1.165) is 31.6 Å². The van der Waals surface area contributed by atoms with Crippen molar-refractivity contribution in [2.75, 3.05) is 0 Å². The van der Waals surface area contributed by atoms with Gasteiger partial charge in [-0.1, -0.05) is 18.6 Å². The molecule has 1 aliphatic rings. The average molecular weight is 267 g/mol. The molecule has 0 atom stereocenters. The van der Waals surface area contributed by atoms with Crippen molar-refractivity contribution in [3.63, 3.8) is 0 Å². The van der Waals surface area contributed by atoms with Crippen LogP contribution in [0.5, 0.6) is 0 Å². The molecule has 0 aliphatic heterocycles. The van der Waals surface area contributed by atoms with Crippen molar-refractivity contribution in [2.24, 2.45) is 11.1 Å². The summed E-state index contributed by atoms with van der Waals surface area (Å²) < 4.78 is 1.88. The lowest BCUT2D eigenvalue weighted by atomic mass is 9.68. The molecule has 1 amide bonds. The van der Waals surface area contributed by atoms with E-state index in [0.29, 0.717) is 11.5 Å². The molecular weight excluding hydrogens is 250 g/mol. The van der Waals surface area contributed by atoms with Crippen molar-refractivity contribution < 1.29 is 4.79 Å². The van der Waals surface area contributed by atoms with Crippen LogP contribution in [0.15, 0.2) is 6.33 Å². The minimum atomic E-state index is -0.633. The van der Waals surface area contributed by atoms with Crippen LogP contribution >= 0.6 is 12.2 Å². The van der Waals surface area contributed by atoms with Crippen LogP contribution in [0.4, 0.5) is 0 Å². The first-order valence-corrected chi connectivity index (χ1v) is 6.46. The molecule has 1 aromatic rings. The predicted octanol–water partition coefficient (Wildman–Crippen LogP) is 0.371. The van der Waals surface area contributed by atoms with Crippen molar-refractivity contribution in [1.29, 1.82) is 0 Å². The molecule has 98 valence electrons. The van der Waals surface area contributed by atoms with E-state index in [4.69, 9.17) is 18.0 Å². The monoisotopic (exact) mass is 267 g/mol. The van der Waals surface area contributed by atoms with Gasteiger partial charge in [0.1, 0.15) is 6.33 Å². The molecule has 0 bridgehead atoms. The number of aryl methyl sites for hydroxylation is 1. The maximum absolute atomic E-state index is 12.1. The largest absolute Gasteiger partial charge is 0.392 e. The van der Waals surface area contributed by atoms with Gasteiger partial charge in [0.25, 0.3) is 0 Å². The molecule has 1 aliphatic carbocycles. The maximum Gasteiger partial charge on any atom is 0.233 e. The van der Waals surface area contributed by atoms with Gasteiger partial charge in [-0.05, 0) is 19.8 Å². The third kappa shape index (κ3) is 2.10. The molecule has 1 saturated carbocycles. The molecule has 18 heavy (non-hydrogen) atoms. The third-order valence-corrected chi connectivity index (χ3v) is 3.95. The van der Waals surface area contributed by atoms with Crippen LogP contribution in [0.3, 0.4) is 0 Å². The highest BCUT2D eigenvalue weighted by Gasteiger charge is 2.46. The summed E-state index contributed by atoms with van der Waals surface area (Å²) in [5.74, 6) is 0.648. The number of nitrogens with two attached hydrogens (primary N) is 1. The number of nitrogens with zero attached hydrogens (tertiary/aromatic N) is 3. The van der Waals surface area contributed by atoms with Crippen molar-refractivity contribution in [2.45, 2.75) is 39.3 Å². The average Bonchev–Trinajstić information content (AvgIpc) is 2.71. The Morgan fingerprint density at radius 1 is 1.67 bits per heavy atom. The Bertz CT molecular complexity index is 466. The summed E-state index contributed by atoms with van der Waals surface area (Å²) >= 11 is 5.00. The zero-order valence-electron chi connectivity index (χ0n) is 10.3. The van der Waals surface area contributed by atoms with E-state index in [2.05, 4.69) is 15.5 Å². The highest BCUT2D eigenvalue weighted by Crippen LogP contribution is 2.41. The first kappa shape index (κ1) is 12.9. The van der Waals surface area contributed by atoms with Crippen LogP contribution in [-0.4, -0.2) is 25.7 Å². The minimum absolute atomic E-state index is 0.0908. The lowest BCUT2D eigenvalue weighted by molar-refractivity contribution is -0.131. The lowest BCUT2D eigenvalue weighted by Gasteiger charge is -2.39. The van der Waals surface area contributed by atoms with Crippen molar-refractivity contribution in [3.05, 3.63) is 12.2 Å². The summed E-state index contributed by atoms with van der Waals surface area (Å²) in [5, 5.41) is 10.6. The molecular formula is C11H17N5OS. The van der Waals surface area contributed by atoms with Gasteiger partial charge >= 0.3 is 0 Å². The second kappa shape index (κ2) is 5.01. The van der Waals surface area contributed by atoms with E-state index in [1.165, 1.54) is 0 Å². The number of hydrogen-bond acceptors (Lipinski definition) is 4. The summed E-state index contributed by atoms with van der Waals surface area (Å²) in [6.45, 7) is 3.13. The second-order valence-electron chi connectivity index (χ2n) is 4.52. The first-order valence-electron chi connectivity index (χ1n) is 6.05. The molecule has 2 rings (SSSR count). The third-order valence-electron chi connectivity index (χ3n) is 3.56. The number of carbonyl (C=O) groups excluding carboxylic acids is 1. The number of carbonyl (C=O) groups is 1. The van der Waals surface area contributed by atoms with E-state index in [1.54, 1.807) is 6.33 Å². The summed E-state index contributed by atoms with van der Waals surface area (Å²) in [6, 6.07) is 0. The Labute approximate surface area is 111 Å². The van der Waals surface area contributed by atoms with Crippen LogP contribution in [0, 0.1) is 5.41 Å². The summed E-state index contributed by atoms with van der Waals surface area (Å²) in [4.78, 5) is 12.4. The van der Waals surface area contributed by atoms with E-state index >= 15 is 0 Å². The molecule has 6 nitrogen and oxygen atoms in total. The Hall–Kier alpha value is -1.50. The number of thiocarbonyl (C=S) groups is 1. The van der Waals surface area contributed by atoms with Gasteiger partial charge in [-0.25, -0.2) is 0 Å². The minimum Gasteiger partial charge on any atom is -0.392 e. The molecule has 7 heteroatoms. The SMILES string of the molecule is CCn1cnnc1CNC(=O)C1(C(N)=S)CCC1. The standard InChI is InChI=1S/C11H17N5OS/c1-2-16-7-14-15-8(16)6-13-10(17)11(9(12)18)4-3-5-11/h7H,2-6H2,1H3,(H2,12,18)(H,13,17). The van der Waals surface area contributed by atoms with E-state index in [9.17, 15) is 4.79 Å². The summed E-state index contributed by atoms with van der Waals surface area (Å²) in [6.07, 6.45) is 4.13. The van der Waals surface area contributed by atoms with E-state index in [-0.39, 0.29) is 5.91 Å². The number of hydrogen-bond donors (Lipinski definition) is 2. The molecule has 0 radical (unpaired) electrons. The fraction of sp³-hybridized carbons (Fsp3) is 0.636. The van der Waals surface area contributed by atoms with E-state index < -0.39 is 5.41 Å². The first-order chi connectivity index (χ1) is 8.60. The van der Waals surface area contributed by atoms with Crippen LogP contribution < -0.4 is 11.1 Å².